The lowest BCUT2D eigenvalue weighted by molar-refractivity contribution is -0.127. The van der Waals surface area contributed by atoms with Crippen molar-refractivity contribution in [3.63, 3.8) is 0 Å². The first-order chi connectivity index (χ1) is 16.8. The van der Waals surface area contributed by atoms with Crippen molar-refractivity contribution < 1.29 is 18.7 Å². The maximum absolute atomic E-state index is 13.5. The average Bonchev–Trinajstić information content (AvgIpc) is 3.30. The number of hydrogen-bond acceptors (Lipinski definition) is 6. The van der Waals surface area contributed by atoms with Crippen LogP contribution in [0.3, 0.4) is 0 Å². The Labute approximate surface area is 204 Å². The predicted octanol–water partition coefficient (Wildman–Crippen LogP) is 3.46. The molecule has 3 rings (SSSR count). The number of ether oxygens (including phenoxy) is 1. The standard InChI is InChI=1S/C25H31FN6O3/c1-5-22(25(34)27-14-13-17(2)3)32(20-7-6-8-21(15-20)35-4)23(33)16-31-29-24(28-30-31)18-9-11-19(26)12-10-18/h6-12,15,17,22H,5,13-14,16H2,1-4H3,(H,27,34)/t22-/m1/s1. The van der Waals surface area contributed by atoms with Gasteiger partial charge >= 0.3 is 0 Å². The Morgan fingerprint density at radius 2 is 1.91 bits per heavy atom. The molecule has 0 spiro atoms. The van der Waals surface area contributed by atoms with Gasteiger partial charge in [-0.3, -0.25) is 14.5 Å². The number of carbonyl (C=O) groups is 2. The van der Waals surface area contributed by atoms with E-state index >= 15 is 0 Å². The van der Waals surface area contributed by atoms with Gasteiger partial charge in [0, 0.05) is 23.9 Å². The number of amides is 2. The van der Waals surface area contributed by atoms with Crippen LogP contribution in [0.15, 0.2) is 48.5 Å². The molecule has 2 aromatic carbocycles. The number of nitrogens with one attached hydrogen (secondary N) is 1. The molecule has 1 aromatic heterocycles. The first-order valence-corrected chi connectivity index (χ1v) is 11.6. The maximum Gasteiger partial charge on any atom is 0.251 e. The van der Waals surface area contributed by atoms with Crippen LogP contribution in [0.25, 0.3) is 11.4 Å². The molecule has 9 nitrogen and oxygen atoms in total. The summed E-state index contributed by atoms with van der Waals surface area (Å²) < 4.78 is 18.5. The Kier molecular flexibility index (Phi) is 8.88. The molecule has 10 heteroatoms. The predicted molar refractivity (Wildman–Crippen MR) is 130 cm³/mol. The second kappa shape index (κ2) is 12.0. The summed E-state index contributed by atoms with van der Waals surface area (Å²) in [6, 6.07) is 11.9. The van der Waals surface area contributed by atoms with Crippen LogP contribution in [0.2, 0.25) is 0 Å². The van der Waals surface area contributed by atoms with Crippen LogP contribution in [0.5, 0.6) is 5.75 Å². The zero-order chi connectivity index (χ0) is 25.4. The number of halogens is 1. The molecule has 0 aliphatic carbocycles. The summed E-state index contributed by atoms with van der Waals surface area (Å²) in [5.74, 6) is 0.287. The van der Waals surface area contributed by atoms with Gasteiger partial charge in [-0.25, -0.2) is 4.39 Å². The second-order valence-electron chi connectivity index (χ2n) is 8.51. The van der Waals surface area contributed by atoms with Gasteiger partial charge in [0.1, 0.15) is 24.2 Å². The van der Waals surface area contributed by atoms with Gasteiger partial charge in [0.2, 0.25) is 11.7 Å². The summed E-state index contributed by atoms with van der Waals surface area (Å²) in [6.07, 6.45) is 1.24. The monoisotopic (exact) mass is 482 g/mol. The maximum atomic E-state index is 13.5. The molecular formula is C25H31FN6O3. The van der Waals surface area contributed by atoms with Crippen LogP contribution in [0.4, 0.5) is 10.1 Å². The molecule has 0 saturated heterocycles. The van der Waals surface area contributed by atoms with E-state index in [0.29, 0.717) is 35.9 Å². The number of carbonyl (C=O) groups excluding carboxylic acids is 2. The SMILES string of the molecule is CC[C@H](C(=O)NCCC(C)C)N(C(=O)Cn1nnc(-c2ccc(F)cc2)n1)c1cccc(OC)c1. The van der Waals surface area contributed by atoms with Crippen LogP contribution in [0.1, 0.15) is 33.6 Å². The summed E-state index contributed by atoms with van der Waals surface area (Å²) in [7, 11) is 1.54. The number of benzene rings is 2. The molecule has 3 aromatic rings. The zero-order valence-electron chi connectivity index (χ0n) is 20.4. The highest BCUT2D eigenvalue weighted by Crippen LogP contribution is 2.25. The molecule has 35 heavy (non-hydrogen) atoms. The van der Waals surface area contributed by atoms with Crippen LogP contribution in [-0.4, -0.2) is 51.7 Å². The van der Waals surface area contributed by atoms with Crippen LogP contribution in [-0.2, 0) is 16.1 Å². The van der Waals surface area contributed by atoms with Crippen molar-refractivity contribution >= 4 is 17.5 Å². The molecule has 0 saturated carbocycles. The second-order valence-corrected chi connectivity index (χ2v) is 8.51. The van der Waals surface area contributed by atoms with Crippen molar-refractivity contribution in [1.29, 1.82) is 0 Å². The molecule has 1 N–H and O–H groups in total. The minimum absolute atomic E-state index is 0.233. The van der Waals surface area contributed by atoms with Crippen LogP contribution < -0.4 is 15.0 Å². The van der Waals surface area contributed by atoms with E-state index in [9.17, 15) is 14.0 Å². The highest BCUT2D eigenvalue weighted by Gasteiger charge is 2.30. The summed E-state index contributed by atoms with van der Waals surface area (Å²) in [6.45, 7) is 6.31. The Morgan fingerprint density at radius 1 is 1.17 bits per heavy atom. The summed E-state index contributed by atoms with van der Waals surface area (Å²) in [5, 5.41) is 15.2. The van der Waals surface area contributed by atoms with E-state index in [1.54, 1.807) is 24.3 Å². The summed E-state index contributed by atoms with van der Waals surface area (Å²) in [4.78, 5) is 29.2. The van der Waals surface area contributed by atoms with Crippen molar-refractivity contribution in [1.82, 2.24) is 25.5 Å². The van der Waals surface area contributed by atoms with E-state index in [-0.39, 0.29) is 30.0 Å². The van der Waals surface area contributed by atoms with Gasteiger partial charge in [0.05, 0.1) is 7.11 Å². The van der Waals surface area contributed by atoms with Gasteiger partial charge in [-0.15, -0.1) is 10.2 Å². The number of methoxy groups -OCH3 is 1. The van der Waals surface area contributed by atoms with Crippen molar-refractivity contribution in [2.45, 2.75) is 46.2 Å². The Bertz CT molecular complexity index is 1130. The molecule has 0 unspecified atom stereocenters. The fraction of sp³-hybridized carbons (Fsp3) is 0.400. The molecule has 1 atom stereocenters. The highest BCUT2D eigenvalue weighted by atomic mass is 19.1. The number of aromatic nitrogens is 4. The summed E-state index contributed by atoms with van der Waals surface area (Å²) in [5.41, 5.74) is 1.10. The number of anilines is 1. The smallest absolute Gasteiger partial charge is 0.251 e. The minimum Gasteiger partial charge on any atom is -0.497 e. The third-order valence-corrected chi connectivity index (χ3v) is 5.45. The normalized spacial score (nSPS) is 11.8. The van der Waals surface area contributed by atoms with E-state index in [2.05, 4.69) is 34.6 Å². The Hall–Kier alpha value is -3.82. The van der Waals surface area contributed by atoms with E-state index in [4.69, 9.17) is 4.74 Å². The van der Waals surface area contributed by atoms with E-state index < -0.39 is 6.04 Å². The molecule has 0 radical (unpaired) electrons. The average molecular weight is 483 g/mol. The first-order valence-electron chi connectivity index (χ1n) is 11.6. The number of hydrogen-bond donors (Lipinski definition) is 1. The van der Waals surface area contributed by atoms with Crippen molar-refractivity contribution in [3.05, 3.63) is 54.3 Å². The van der Waals surface area contributed by atoms with Gasteiger partial charge in [-0.2, -0.15) is 4.80 Å². The third-order valence-electron chi connectivity index (χ3n) is 5.45. The van der Waals surface area contributed by atoms with Crippen molar-refractivity contribution in [3.8, 4) is 17.1 Å². The highest BCUT2D eigenvalue weighted by molar-refractivity contribution is 6.00. The van der Waals surface area contributed by atoms with E-state index in [1.165, 1.54) is 36.3 Å². The number of rotatable bonds is 11. The lowest BCUT2D eigenvalue weighted by Gasteiger charge is -2.30. The van der Waals surface area contributed by atoms with Crippen molar-refractivity contribution in [2.24, 2.45) is 5.92 Å². The quantitative estimate of drug-likeness (QED) is 0.449. The Morgan fingerprint density at radius 3 is 2.57 bits per heavy atom. The van der Waals surface area contributed by atoms with E-state index in [0.717, 1.165) is 11.2 Å². The molecule has 1 heterocycles. The Balaban J connectivity index is 1.86. The molecule has 0 aliphatic heterocycles. The topological polar surface area (TPSA) is 102 Å². The van der Waals surface area contributed by atoms with Gasteiger partial charge in [-0.1, -0.05) is 26.8 Å². The lowest BCUT2D eigenvalue weighted by Crippen LogP contribution is -2.51. The van der Waals surface area contributed by atoms with Crippen LogP contribution in [0, 0.1) is 11.7 Å². The first kappa shape index (κ1) is 25.8. The van der Waals surface area contributed by atoms with E-state index in [1.807, 2.05) is 6.92 Å². The third kappa shape index (κ3) is 6.84. The van der Waals surface area contributed by atoms with Gasteiger partial charge in [0.25, 0.3) is 5.91 Å². The number of nitrogens with zero attached hydrogens (tertiary/aromatic N) is 5. The molecular weight excluding hydrogens is 451 g/mol. The van der Waals surface area contributed by atoms with Crippen molar-refractivity contribution in [2.75, 3.05) is 18.6 Å². The fourth-order valence-electron chi connectivity index (χ4n) is 3.57. The van der Waals surface area contributed by atoms with Gasteiger partial charge in [0.15, 0.2) is 0 Å². The number of tetrazole rings is 1. The van der Waals surface area contributed by atoms with Gasteiger partial charge < -0.3 is 10.1 Å². The lowest BCUT2D eigenvalue weighted by atomic mass is 10.1. The molecule has 0 bridgehead atoms. The van der Waals surface area contributed by atoms with Gasteiger partial charge in [-0.05, 0) is 60.4 Å². The molecule has 2 amide bonds. The molecule has 186 valence electrons. The minimum atomic E-state index is -0.734. The zero-order valence-corrected chi connectivity index (χ0v) is 20.4. The van der Waals surface area contributed by atoms with Crippen LogP contribution >= 0.6 is 0 Å². The molecule has 0 fully saturated rings. The fourth-order valence-corrected chi connectivity index (χ4v) is 3.57. The summed E-state index contributed by atoms with van der Waals surface area (Å²) >= 11 is 0. The largest absolute Gasteiger partial charge is 0.497 e. The molecule has 0 aliphatic rings.